The normalized spacial score (nSPS) is 11.2. The van der Waals surface area contributed by atoms with Crippen molar-refractivity contribution in [3.05, 3.63) is 52.9 Å². The maximum absolute atomic E-state index is 12.3. The number of ketones is 3. The lowest BCUT2D eigenvalue weighted by atomic mass is 10.1. The predicted molar refractivity (Wildman–Crippen MR) is 86.3 cm³/mol. The summed E-state index contributed by atoms with van der Waals surface area (Å²) in [5.41, 5.74) is 0.653. The first-order valence-electron chi connectivity index (χ1n) is 6.73. The molecular weight excluding hydrogens is 336 g/mol. The van der Waals surface area contributed by atoms with E-state index in [0.29, 0.717) is 5.56 Å². The molecule has 0 amide bonds. The van der Waals surface area contributed by atoms with Crippen molar-refractivity contribution < 1.29 is 22.8 Å². The van der Waals surface area contributed by atoms with E-state index in [1.54, 1.807) is 30.3 Å². The van der Waals surface area contributed by atoms with Gasteiger partial charge in [-0.15, -0.1) is 11.3 Å². The van der Waals surface area contributed by atoms with Gasteiger partial charge in [0, 0.05) is 6.92 Å². The molecule has 1 aromatic carbocycles. The van der Waals surface area contributed by atoms with Crippen molar-refractivity contribution in [1.82, 2.24) is 0 Å². The van der Waals surface area contributed by atoms with Crippen molar-refractivity contribution in [3.8, 4) is 0 Å². The minimum atomic E-state index is -3.56. The lowest BCUT2D eigenvalue weighted by Gasteiger charge is -2.01. The van der Waals surface area contributed by atoms with Gasteiger partial charge < -0.3 is 0 Å². The van der Waals surface area contributed by atoms with Gasteiger partial charge >= 0.3 is 0 Å². The van der Waals surface area contributed by atoms with E-state index in [4.69, 9.17) is 0 Å². The lowest BCUT2D eigenvalue weighted by Crippen LogP contribution is -2.14. The molecular formula is C16H14O5S2. The van der Waals surface area contributed by atoms with Crippen LogP contribution in [0.15, 0.2) is 46.7 Å². The van der Waals surface area contributed by atoms with Gasteiger partial charge in [-0.05, 0) is 17.7 Å². The summed E-state index contributed by atoms with van der Waals surface area (Å²) in [7, 11) is -3.56. The van der Waals surface area contributed by atoms with Gasteiger partial charge in [0.05, 0.1) is 17.1 Å². The maximum atomic E-state index is 12.3. The van der Waals surface area contributed by atoms with Crippen molar-refractivity contribution in [2.75, 3.05) is 0 Å². The molecule has 1 aromatic heterocycles. The van der Waals surface area contributed by atoms with Crippen LogP contribution in [0.5, 0.6) is 0 Å². The molecule has 0 aliphatic heterocycles. The third kappa shape index (κ3) is 4.43. The highest BCUT2D eigenvalue weighted by Crippen LogP contribution is 2.26. The van der Waals surface area contributed by atoms with E-state index >= 15 is 0 Å². The third-order valence-electron chi connectivity index (χ3n) is 3.08. The first-order valence-corrected chi connectivity index (χ1v) is 9.20. The first-order chi connectivity index (χ1) is 10.8. The predicted octanol–water partition coefficient (Wildman–Crippen LogP) is 2.45. The van der Waals surface area contributed by atoms with Crippen LogP contribution in [0.2, 0.25) is 0 Å². The van der Waals surface area contributed by atoms with Gasteiger partial charge in [0.1, 0.15) is 4.21 Å². The van der Waals surface area contributed by atoms with Crippen LogP contribution < -0.4 is 0 Å². The fourth-order valence-electron chi connectivity index (χ4n) is 1.86. The Morgan fingerprint density at radius 1 is 1.00 bits per heavy atom. The molecule has 0 spiro atoms. The fourth-order valence-corrected chi connectivity index (χ4v) is 4.54. The van der Waals surface area contributed by atoms with Crippen LogP contribution in [0.4, 0.5) is 0 Å². The zero-order chi connectivity index (χ0) is 17.0. The number of rotatable bonds is 7. The van der Waals surface area contributed by atoms with Gasteiger partial charge in [0.15, 0.2) is 21.4 Å². The fraction of sp³-hybridized carbons (Fsp3) is 0.188. The Balaban J connectivity index is 2.16. The number of benzene rings is 1. The Morgan fingerprint density at radius 3 is 2.26 bits per heavy atom. The van der Waals surface area contributed by atoms with Crippen LogP contribution in [-0.4, -0.2) is 25.8 Å². The molecule has 23 heavy (non-hydrogen) atoms. The van der Waals surface area contributed by atoms with E-state index in [2.05, 4.69) is 0 Å². The highest BCUT2D eigenvalue weighted by molar-refractivity contribution is 7.92. The smallest absolute Gasteiger partial charge is 0.205 e. The molecule has 0 saturated carbocycles. The van der Waals surface area contributed by atoms with Crippen molar-refractivity contribution in [2.24, 2.45) is 0 Å². The minimum absolute atomic E-state index is 0.0694. The minimum Gasteiger partial charge on any atom is -0.293 e. The van der Waals surface area contributed by atoms with Crippen LogP contribution >= 0.6 is 11.3 Å². The monoisotopic (exact) mass is 350 g/mol. The highest BCUT2D eigenvalue weighted by Gasteiger charge is 2.22. The molecule has 2 aromatic rings. The molecule has 0 fully saturated rings. The van der Waals surface area contributed by atoms with Gasteiger partial charge in [-0.3, -0.25) is 14.4 Å². The molecule has 0 aliphatic carbocycles. The summed E-state index contributed by atoms with van der Waals surface area (Å²) < 4.78 is 24.8. The molecule has 0 aliphatic rings. The molecule has 0 N–H and O–H groups in total. The van der Waals surface area contributed by atoms with Gasteiger partial charge in [0.25, 0.3) is 0 Å². The summed E-state index contributed by atoms with van der Waals surface area (Å²) >= 11 is 0.820. The van der Waals surface area contributed by atoms with Gasteiger partial charge in [-0.1, -0.05) is 30.3 Å². The summed E-state index contributed by atoms with van der Waals surface area (Å²) in [5.74, 6) is -2.17. The molecule has 7 heteroatoms. The maximum Gasteiger partial charge on any atom is 0.205 e. The molecule has 120 valence electrons. The topological polar surface area (TPSA) is 85.3 Å². The zero-order valence-electron chi connectivity index (χ0n) is 12.3. The van der Waals surface area contributed by atoms with E-state index < -0.39 is 33.6 Å². The molecule has 0 atom stereocenters. The number of thiophene rings is 1. The van der Waals surface area contributed by atoms with Crippen molar-refractivity contribution in [2.45, 2.75) is 23.3 Å². The SMILES string of the molecule is CC(=O)C(=O)CC(=O)c1ccc(S(=O)(=O)Cc2ccccc2)s1. The van der Waals surface area contributed by atoms with Crippen molar-refractivity contribution >= 4 is 38.5 Å². The van der Waals surface area contributed by atoms with Gasteiger partial charge in [-0.25, -0.2) is 8.42 Å². The van der Waals surface area contributed by atoms with E-state index in [9.17, 15) is 22.8 Å². The average molecular weight is 350 g/mol. The molecule has 0 bridgehead atoms. The number of carbonyl (C=O) groups is 3. The van der Waals surface area contributed by atoms with Crippen LogP contribution in [0.1, 0.15) is 28.6 Å². The molecule has 1 heterocycles. The number of carbonyl (C=O) groups excluding carboxylic acids is 3. The largest absolute Gasteiger partial charge is 0.293 e. The number of hydrogen-bond donors (Lipinski definition) is 0. The van der Waals surface area contributed by atoms with Crippen LogP contribution in [-0.2, 0) is 25.2 Å². The van der Waals surface area contributed by atoms with Gasteiger partial charge in [-0.2, -0.15) is 0 Å². The average Bonchev–Trinajstić information content (AvgIpc) is 2.98. The van der Waals surface area contributed by atoms with E-state index in [0.717, 1.165) is 18.3 Å². The summed E-state index contributed by atoms with van der Waals surface area (Å²) in [4.78, 5) is 34.2. The Labute approximate surface area is 137 Å². The van der Waals surface area contributed by atoms with Crippen LogP contribution in [0.25, 0.3) is 0 Å². The molecule has 0 radical (unpaired) electrons. The second kappa shape index (κ2) is 6.97. The Kier molecular flexibility index (Phi) is 5.23. The molecule has 0 unspecified atom stereocenters. The Morgan fingerprint density at radius 2 is 1.65 bits per heavy atom. The van der Waals surface area contributed by atoms with Crippen molar-refractivity contribution in [1.29, 1.82) is 0 Å². The van der Waals surface area contributed by atoms with Crippen LogP contribution in [0.3, 0.4) is 0 Å². The summed E-state index contributed by atoms with van der Waals surface area (Å²) in [6.07, 6.45) is -0.534. The molecule has 5 nitrogen and oxygen atoms in total. The Hall–Kier alpha value is -2.12. The number of sulfone groups is 1. The summed E-state index contributed by atoms with van der Waals surface area (Å²) in [6.45, 7) is 1.10. The van der Waals surface area contributed by atoms with E-state index in [1.165, 1.54) is 12.1 Å². The first kappa shape index (κ1) is 17.2. The van der Waals surface area contributed by atoms with Crippen molar-refractivity contribution in [3.63, 3.8) is 0 Å². The highest BCUT2D eigenvalue weighted by atomic mass is 32.2. The molecule has 0 saturated heterocycles. The number of Topliss-reactive ketones (excluding diaryl/α,β-unsaturated/α-hetero) is 3. The van der Waals surface area contributed by atoms with Gasteiger partial charge in [0.2, 0.25) is 5.78 Å². The number of hydrogen-bond acceptors (Lipinski definition) is 6. The summed E-state index contributed by atoms with van der Waals surface area (Å²) in [5, 5.41) is 0. The Bertz CT molecular complexity index is 848. The van der Waals surface area contributed by atoms with E-state index in [-0.39, 0.29) is 14.8 Å². The lowest BCUT2D eigenvalue weighted by molar-refractivity contribution is -0.134. The van der Waals surface area contributed by atoms with E-state index in [1.807, 2.05) is 0 Å². The third-order valence-corrected chi connectivity index (χ3v) is 6.47. The standard InChI is InChI=1S/C16H14O5S2/c1-11(17)13(18)9-14(19)15-7-8-16(22-15)23(20,21)10-12-5-3-2-4-6-12/h2-8H,9-10H2,1H3. The quantitative estimate of drug-likeness (QED) is 0.435. The second-order valence-corrected chi connectivity index (χ2v) is 8.24. The second-order valence-electron chi connectivity index (χ2n) is 4.94. The zero-order valence-corrected chi connectivity index (χ0v) is 13.9. The molecule has 2 rings (SSSR count). The summed E-state index contributed by atoms with van der Waals surface area (Å²) in [6, 6.07) is 11.4. The van der Waals surface area contributed by atoms with Crippen LogP contribution in [0, 0.1) is 0 Å².